The lowest BCUT2D eigenvalue weighted by Gasteiger charge is -2.42. The van der Waals surface area contributed by atoms with Gasteiger partial charge in [-0.2, -0.15) is 0 Å². The highest BCUT2D eigenvalue weighted by Gasteiger charge is 2.46. The van der Waals surface area contributed by atoms with Crippen molar-refractivity contribution in [3.8, 4) is 11.3 Å². The molecule has 5 rings (SSSR count). The zero-order valence-electron chi connectivity index (χ0n) is 25.2. The van der Waals surface area contributed by atoms with Crippen molar-refractivity contribution in [1.82, 2.24) is 30.1 Å². The van der Waals surface area contributed by atoms with Crippen LogP contribution in [0.1, 0.15) is 46.5 Å². The van der Waals surface area contributed by atoms with Gasteiger partial charge in [0, 0.05) is 49.9 Å². The van der Waals surface area contributed by atoms with Gasteiger partial charge in [0.15, 0.2) is 5.82 Å². The lowest BCUT2D eigenvalue weighted by molar-refractivity contribution is 0.00596. The van der Waals surface area contributed by atoms with Gasteiger partial charge in [0.1, 0.15) is 23.4 Å². The van der Waals surface area contributed by atoms with Crippen LogP contribution in [0.3, 0.4) is 0 Å². The van der Waals surface area contributed by atoms with Crippen LogP contribution in [-0.4, -0.2) is 81.6 Å². The van der Waals surface area contributed by atoms with Crippen molar-refractivity contribution in [2.24, 2.45) is 0 Å². The third kappa shape index (κ3) is 6.75. The fourth-order valence-corrected chi connectivity index (χ4v) is 6.96. The van der Waals surface area contributed by atoms with Gasteiger partial charge in [0.25, 0.3) is 0 Å². The van der Waals surface area contributed by atoms with Crippen LogP contribution in [0.15, 0.2) is 28.7 Å². The normalized spacial score (nSPS) is 21.0. The lowest BCUT2D eigenvalue weighted by Crippen LogP contribution is -2.53. The second-order valence-electron chi connectivity index (χ2n) is 13.5. The summed E-state index contributed by atoms with van der Waals surface area (Å²) in [7, 11) is 0.897. The summed E-state index contributed by atoms with van der Waals surface area (Å²) in [6, 6.07) is 9.79. The molecular weight excluding hydrogens is 602 g/mol. The van der Waals surface area contributed by atoms with E-state index >= 15 is 0 Å². The van der Waals surface area contributed by atoms with Crippen LogP contribution < -0.4 is 4.90 Å². The Balaban J connectivity index is 1.30. The number of piperidine rings is 1. The second kappa shape index (κ2) is 11.6. The molecule has 0 aliphatic carbocycles. The predicted molar refractivity (Wildman–Crippen MR) is 167 cm³/mol. The predicted octanol–water partition coefficient (Wildman–Crippen LogP) is 6.33. The molecule has 2 bridgehead atoms. The highest BCUT2D eigenvalue weighted by molar-refractivity contribution is 9.10. The van der Waals surface area contributed by atoms with E-state index in [-0.39, 0.29) is 24.2 Å². The van der Waals surface area contributed by atoms with Crippen molar-refractivity contribution < 1.29 is 14.3 Å². The first kappa shape index (κ1) is 29.9. The third-order valence-electron chi connectivity index (χ3n) is 7.97. The molecule has 2 aromatic heterocycles. The van der Waals surface area contributed by atoms with Crippen LogP contribution in [0, 0.1) is 0 Å². The molecule has 2 aliphatic heterocycles. The first-order valence-electron chi connectivity index (χ1n) is 14.5. The third-order valence-corrected chi connectivity index (χ3v) is 10.3. The summed E-state index contributed by atoms with van der Waals surface area (Å²) >= 11 is 3.62. The van der Waals surface area contributed by atoms with E-state index in [4.69, 9.17) is 9.47 Å². The van der Waals surface area contributed by atoms with Gasteiger partial charge < -0.3 is 19.3 Å². The summed E-state index contributed by atoms with van der Waals surface area (Å²) in [6.45, 7) is 13.8. The minimum Gasteiger partial charge on any atom is -0.444 e. The SMILES string of the molecule is CN(c1ccc(-c2ccc(Br)c3nnn(COCC[Si](C)(C)C)c23)nn1)[C@@H]1C[C@H]2CC[C@@H](C1)N2C(=O)OC(C)(C)C. The number of hydrogen-bond acceptors (Lipinski definition) is 8. The molecule has 0 N–H and O–H groups in total. The van der Waals surface area contributed by atoms with E-state index in [1.54, 1.807) is 4.68 Å². The fourth-order valence-electron chi connectivity index (χ4n) is 5.80. The van der Waals surface area contributed by atoms with Gasteiger partial charge in [0.05, 0.1) is 5.69 Å². The number of ether oxygens (including phenoxy) is 2. The van der Waals surface area contributed by atoms with Gasteiger partial charge in [-0.05, 0) is 92.7 Å². The minimum atomic E-state index is -1.18. The number of rotatable bonds is 8. The highest BCUT2D eigenvalue weighted by atomic mass is 79.9. The number of nitrogens with zero attached hydrogens (tertiary/aromatic N) is 7. The summed E-state index contributed by atoms with van der Waals surface area (Å²) in [5.41, 5.74) is 2.81. The molecule has 0 saturated carbocycles. The Hall–Kier alpha value is -2.57. The van der Waals surface area contributed by atoms with Crippen molar-refractivity contribution >= 4 is 46.9 Å². The average molecular weight is 645 g/mol. The van der Waals surface area contributed by atoms with Crippen LogP contribution in [0.4, 0.5) is 10.6 Å². The molecule has 1 amide bonds. The average Bonchev–Trinajstić information content (AvgIpc) is 3.44. The Morgan fingerprint density at radius 2 is 1.78 bits per heavy atom. The summed E-state index contributed by atoms with van der Waals surface area (Å²) in [6.07, 6.45) is 3.63. The standard InChI is InChI=1S/C29H42BrN7O3Si/c1-29(2,3)40-28(38)37-19-8-9-20(37)17-21(16-19)35(4)25-13-12-24(31-32-25)22-10-11-23(30)26-27(22)36(34-33-26)18-39-14-15-41(5,6)7/h10-13,19-21H,8-9,14-18H2,1-7H3/t19-,20+,21-. The Morgan fingerprint density at radius 3 is 2.39 bits per heavy atom. The monoisotopic (exact) mass is 643 g/mol. The minimum absolute atomic E-state index is 0.189. The molecule has 10 nitrogen and oxygen atoms in total. The lowest BCUT2D eigenvalue weighted by atomic mass is 9.96. The molecule has 0 radical (unpaired) electrons. The quantitative estimate of drug-likeness (QED) is 0.207. The Labute approximate surface area is 251 Å². The van der Waals surface area contributed by atoms with E-state index in [2.05, 4.69) is 68.0 Å². The van der Waals surface area contributed by atoms with Crippen molar-refractivity contribution in [2.75, 3.05) is 18.6 Å². The van der Waals surface area contributed by atoms with Crippen LogP contribution in [0.5, 0.6) is 0 Å². The first-order chi connectivity index (χ1) is 19.3. The second-order valence-corrected chi connectivity index (χ2v) is 20.0. The van der Waals surface area contributed by atoms with Gasteiger partial charge in [-0.1, -0.05) is 24.9 Å². The van der Waals surface area contributed by atoms with Crippen molar-refractivity contribution in [3.63, 3.8) is 0 Å². The Morgan fingerprint density at radius 1 is 1.07 bits per heavy atom. The number of hydrogen-bond donors (Lipinski definition) is 0. The molecule has 1 aromatic carbocycles. The van der Waals surface area contributed by atoms with E-state index in [0.29, 0.717) is 13.3 Å². The Bertz CT molecular complexity index is 1370. The maximum absolute atomic E-state index is 12.9. The van der Waals surface area contributed by atoms with E-state index < -0.39 is 13.7 Å². The number of amides is 1. The number of fused-ring (bicyclic) bond motifs is 3. The summed E-state index contributed by atoms with van der Waals surface area (Å²) < 4.78 is 14.4. The summed E-state index contributed by atoms with van der Waals surface area (Å²) in [4.78, 5) is 17.1. The molecule has 41 heavy (non-hydrogen) atoms. The number of benzene rings is 1. The Kier molecular flexibility index (Phi) is 8.46. The fraction of sp³-hybridized carbons (Fsp3) is 0.621. The first-order valence-corrected chi connectivity index (χ1v) is 19.0. The zero-order chi connectivity index (χ0) is 29.5. The van der Waals surface area contributed by atoms with E-state index in [9.17, 15) is 4.79 Å². The van der Waals surface area contributed by atoms with Gasteiger partial charge in [-0.15, -0.1) is 15.3 Å². The largest absolute Gasteiger partial charge is 0.444 e. The van der Waals surface area contributed by atoms with Gasteiger partial charge in [0.2, 0.25) is 0 Å². The molecule has 0 unspecified atom stereocenters. The van der Waals surface area contributed by atoms with Gasteiger partial charge in [-0.3, -0.25) is 0 Å². The molecule has 222 valence electrons. The molecule has 2 saturated heterocycles. The van der Waals surface area contributed by atoms with Gasteiger partial charge in [-0.25, -0.2) is 9.48 Å². The number of carbonyl (C=O) groups is 1. The van der Waals surface area contributed by atoms with Crippen LogP contribution in [0.2, 0.25) is 25.7 Å². The number of carbonyl (C=O) groups excluding carboxylic acids is 1. The van der Waals surface area contributed by atoms with E-state index in [1.807, 2.05) is 49.9 Å². The zero-order valence-corrected chi connectivity index (χ0v) is 27.8. The van der Waals surface area contributed by atoms with Gasteiger partial charge >= 0.3 is 6.09 Å². The number of halogens is 1. The molecule has 3 atom stereocenters. The smallest absolute Gasteiger partial charge is 0.410 e. The molecule has 0 spiro atoms. The number of aromatic nitrogens is 5. The van der Waals surface area contributed by atoms with Crippen molar-refractivity contribution in [1.29, 1.82) is 0 Å². The summed E-state index contributed by atoms with van der Waals surface area (Å²) in [5, 5.41) is 18.0. The van der Waals surface area contributed by atoms with Crippen molar-refractivity contribution in [3.05, 3.63) is 28.7 Å². The van der Waals surface area contributed by atoms with Crippen molar-refractivity contribution in [2.45, 2.75) is 103 Å². The topological polar surface area (TPSA) is 98.5 Å². The molecule has 12 heteroatoms. The highest BCUT2D eigenvalue weighted by Crippen LogP contribution is 2.39. The van der Waals surface area contributed by atoms with E-state index in [0.717, 1.165) is 64.3 Å². The molecule has 2 fully saturated rings. The van der Waals surface area contributed by atoms with Crippen LogP contribution >= 0.6 is 15.9 Å². The molecule has 3 aromatic rings. The maximum Gasteiger partial charge on any atom is 0.410 e. The molecule has 4 heterocycles. The van der Waals surface area contributed by atoms with Crippen LogP contribution in [0.25, 0.3) is 22.3 Å². The summed E-state index contributed by atoms with van der Waals surface area (Å²) in [5.74, 6) is 0.818. The van der Waals surface area contributed by atoms with E-state index in [1.165, 1.54) is 0 Å². The van der Waals surface area contributed by atoms with Crippen LogP contribution in [-0.2, 0) is 16.2 Å². The molecular formula is C29H42BrN7O3Si. The number of anilines is 1. The molecule has 2 aliphatic rings. The maximum atomic E-state index is 12.9.